The van der Waals surface area contributed by atoms with Gasteiger partial charge in [-0.1, -0.05) is 49.4 Å². The molecule has 0 saturated carbocycles. The van der Waals surface area contributed by atoms with Crippen molar-refractivity contribution < 1.29 is 0 Å². The van der Waals surface area contributed by atoms with E-state index in [0.29, 0.717) is 6.04 Å². The van der Waals surface area contributed by atoms with Gasteiger partial charge in [0.25, 0.3) is 0 Å². The fourth-order valence-electron chi connectivity index (χ4n) is 2.22. The van der Waals surface area contributed by atoms with Gasteiger partial charge in [0, 0.05) is 22.4 Å². The number of hydrogen-bond donors (Lipinski definition) is 1. The maximum absolute atomic E-state index is 3.79. The van der Waals surface area contributed by atoms with Crippen LogP contribution in [0.3, 0.4) is 0 Å². The number of rotatable bonds is 7. The van der Waals surface area contributed by atoms with Gasteiger partial charge in [0.15, 0.2) is 0 Å². The third-order valence-electron chi connectivity index (χ3n) is 3.50. The van der Waals surface area contributed by atoms with Crippen LogP contribution >= 0.6 is 11.8 Å². The molecule has 2 rings (SSSR count). The highest BCUT2D eigenvalue weighted by Gasteiger charge is 2.08. The monoisotopic (exact) mass is 297 g/mol. The molecule has 0 aromatic heterocycles. The first-order valence-corrected chi connectivity index (χ1v) is 8.41. The molecule has 1 nitrogen and oxygen atoms in total. The number of thioether (sulfide) groups is 1. The van der Waals surface area contributed by atoms with Crippen LogP contribution < -0.4 is 5.32 Å². The molecule has 0 aliphatic carbocycles. The van der Waals surface area contributed by atoms with Crippen LogP contribution in [0.15, 0.2) is 66.1 Å². The second-order valence-electron chi connectivity index (χ2n) is 5.06. The molecule has 2 aromatic rings. The third kappa shape index (κ3) is 4.40. The fourth-order valence-corrected chi connectivity index (χ4v) is 2.97. The van der Waals surface area contributed by atoms with Gasteiger partial charge < -0.3 is 5.32 Å². The summed E-state index contributed by atoms with van der Waals surface area (Å²) in [6.45, 7) is 8.18. The Hall–Kier alpha value is -1.67. The molecule has 2 aromatic carbocycles. The number of anilines is 1. The Morgan fingerprint density at radius 3 is 2.52 bits per heavy atom. The van der Waals surface area contributed by atoms with E-state index in [-0.39, 0.29) is 0 Å². The lowest BCUT2D eigenvalue weighted by molar-refractivity contribution is 0.877. The first-order valence-electron chi connectivity index (χ1n) is 7.42. The SMILES string of the molecule is C=CCSc1ccccc1NC(C)c1ccc(CC)cc1. The Kier molecular flexibility index (Phi) is 5.94. The molecule has 1 N–H and O–H groups in total. The lowest BCUT2D eigenvalue weighted by atomic mass is 10.0. The van der Waals surface area contributed by atoms with Crippen LogP contribution in [0.4, 0.5) is 5.69 Å². The van der Waals surface area contributed by atoms with Crippen LogP contribution in [0.25, 0.3) is 0 Å². The third-order valence-corrected chi connectivity index (χ3v) is 4.57. The molecule has 0 bridgehead atoms. The zero-order valence-corrected chi connectivity index (χ0v) is 13.6. The maximum atomic E-state index is 3.79. The number of benzene rings is 2. The number of nitrogens with one attached hydrogen (secondary N) is 1. The largest absolute Gasteiger partial charge is 0.378 e. The Balaban J connectivity index is 2.10. The summed E-state index contributed by atoms with van der Waals surface area (Å²) in [5.74, 6) is 0.929. The molecule has 0 radical (unpaired) electrons. The van der Waals surface area contributed by atoms with Crippen molar-refractivity contribution in [2.75, 3.05) is 11.1 Å². The Morgan fingerprint density at radius 1 is 1.14 bits per heavy atom. The average molecular weight is 297 g/mol. The highest BCUT2D eigenvalue weighted by atomic mass is 32.2. The summed E-state index contributed by atoms with van der Waals surface area (Å²) in [5, 5.41) is 3.62. The van der Waals surface area contributed by atoms with E-state index in [2.05, 4.69) is 74.3 Å². The second kappa shape index (κ2) is 7.94. The second-order valence-corrected chi connectivity index (χ2v) is 6.12. The maximum Gasteiger partial charge on any atom is 0.0486 e. The van der Waals surface area contributed by atoms with Gasteiger partial charge in [0.1, 0.15) is 0 Å². The van der Waals surface area contributed by atoms with Gasteiger partial charge in [0.2, 0.25) is 0 Å². The van der Waals surface area contributed by atoms with Gasteiger partial charge in [-0.15, -0.1) is 18.3 Å². The Bertz CT molecular complexity index is 574. The van der Waals surface area contributed by atoms with Crippen LogP contribution in [0.2, 0.25) is 0 Å². The van der Waals surface area contributed by atoms with E-state index in [1.807, 2.05) is 17.8 Å². The lowest BCUT2D eigenvalue weighted by Gasteiger charge is -2.18. The number of aryl methyl sites for hydroxylation is 1. The van der Waals surface area contributed by atoms with E-state index >= 15 is 0 Å². The molecule has 0 saturated heterocycles. The molecule has 1 unspecified atom stereocenters. The van der Waals surface area contributed by atoms with E-state index in [1.165, 1.54) is 21.7 Å². The molecule has 110 valence electrons. The first-order chi connectivity index (χ1) is 10.2. The van der Waals surface area contributed by atoms with Crippen LogP contribution in [0.5, 0.6) is 0 Å². The highest BCUT2D eigenvalue weighted by molar-refractivity contribution is 7.99. The summed E-state index contributed by atoms with van der Waals surface area (Å²) in [7, 11) is 0. The molecule has 2 heteroatoms. The predicted molar refractivity (Wildman–Crippen MR) is 95.2 cm³/mol. The molecular formula is C19H23NS. The zero-order chi connectivity index (χ0) is 15.1. The van der Waals surface area contributed by atoms with Gasteiger partial charge in [-0.2, -0.15) is 0 Å². The zero-order valence-electron chi connectivity index (χ0n) is 12.8. The summed E-state index contributed by atoms with van der Waals surface area (Å²) in [6, 6.07) is 17.6. The van der Waals surface area contributed by atoms with E-state index in [9.17, 15) is 0 Å². The Morgan fingerprint density at radius 2 is 1.86 bits per heavy atom. The summed E-state index contributed by atoms with van der Waals surface area (Å²) in [6.07, 6.45) is 3.03. The van der Waals surface area contributed by atoms with E-state index < -0.39 is 0 Å². The first kappa shape index (κ1) is 15.7. The van der Waals surface area contributed by atoms with Crippen molar-refractivity contribution >= 4 is 17.4 Å². The van der Waals surface area contributed by atoms with Crippen LogP contribution in [0, 0.1) is 0 Å². The minimum absolute atomic E-state index is 0.293. The van der Waals surface area contributed by atoms with E-state index in [1.54, 1.807) is 0 Å². The molecule has 0 spiro atoms. The lowest BCUT2D eigenvalue weighted by Crippen LogP contribution is -2.07. The van der Waals surface area contributed by atoms with Gasteiger partial charge in [-0.3, -0.25) is 0 Å². The van der Waals surface area contributed by atoms with Gasteiger partial charge in [0.05, 0.1) is 0 Å². The molecule has 1 atom stereocenters. The topological polar surface area (TPSA) is 12.0 Å². The van der Waals surface area contributed by atoms with Gasteiger partial charge in [-0.05, 0) is 36.6 Å². The fraction of sp³-hybridized carbons (Fsp3) is 0.263. The molecule has 0 aliphatic rings. The van der Waals surface area contributed by atoms with E-state index in [4.69, 9.17) is 0 Å². The Labute approximate surface area is 132 Å². The van der Waals surface area contributed by atoms with Crippen LogP contribution in [-0.2, 0) is 6.42 Å². The van der Waals surface area contributed by atoms with Crippen molar-refractivity contribution in [1.29, 1.82) is 0 Å². The molecule has 21 heavy (non-hydrogen) atoms. The standard InChI is InChI=1S/C19H23NS/c1-4-14-21-19-9-7-6-8-18(19)20-15(3)17-12-10-16(5-2)11-13-17/h4,6-13,15,20H,1,5,14H2,2-3H3. The smallest absolute Gasteiger partial charge is 0.0486 e. The molecule has 0 heterocycles. The quantitative estimate of drug-likeness (QED) is 0.519. The highest BCUT2D eigenvalue weighted by Crippen LogP contribution is 2.30. The van der Waals surface area contributed by atoms with Crippen molar-refractivity contribution in [1.82, 2.24) is 0 Å². The molecule has 0 aliphatic heterocycles. The molecular weight excluding hydrogens is 274 g/mol. The molecule has 0 fully saturated rings. The van der Waals surface area contributed by atoms with Gasteiger partial charge >= 0.3 is 0 Å². The minimum Gasteiger partial charge on any atom is -0.378 e. The summed E-state index contributed by atoms with van der Waals surface area (Å²) in [5.41, 5.74) is 3.89. The van der Waals surface area contributed by atoms with Crippen molar-refractivity contribution in [3.05, 3.63) is 72.3 Å². The van der Waals surface area contributed by atoms with Crippen molar-refractivity contribution in [3.8, 4) is 0 Å². The van der Waals surface area contributed by atoms with Gasteiger partial charge in [-0.25, -0.2) is 0 Å². The molecule has 0 amide bonds. The number of hydrogen-bond acceptors (Lipinski definition) is 2. The van der Waals surface area contributed by atoms with E-state index in [0.717, 1.165) is 12.2 Å². The van der Waals surface area contributed by atoms with Crippen molar-refractivity contribution in [2.45, 2.75) is 31.2 Å². The van der Waals surface area contributed by atoms with Crippen molar-refractivity contribution in [3.63, 3.8) is 0 Å². The summed E-state index contributed by atoms with van der Waals surface area (Å²) in [4.78, 5) is 1.27. The summed E-state index contributed by atoms with van der Waals surface area (Å²) < 4.78 is 0. The van der Waals surface area contributed by atoms with Crippen molar-refractivity contribution in [2.24, 2.45) is 0 Å². The summed E-state index contributed by atoms with van der Waals surface area (Å²) >= 11 is 1.81. The van der Waals surface area contributed by atoms with Crippen LogP contribution in [-0.4, -0.2) is 5.75 Å². The van der Waals surface area contributed by atoms with Crippen LogP contribution in [0.1, 0.15) is 31.0 Å². The predicted octanol–water partition coefficient (Wildman–Crippen LogP) is 5.70. The normalized spacial score (nSPS) is 11.9. The number of para-hydroxylation sites is 1. The average Bonchev–Trinajstić information content (AvgIpc) is 2.54. The minimum atomic E-state index is 0.293.